The van der Waals surface area contributed by atoms with Crippen molar-refractivity contribution >= 4 is 32.9 Å². The van der Waals surface area contributed by atoms with Gasteiger partial charge in [0.05, 0.1) is 17.3 Å². The lowest BCUT2D eigenvalue weighted by Gasteiger charge is -2.25. The summed E-state index contributed by atoms with van der Waals surface area (Å²) in [5.74, 6) is -2.28. The minimum absolute atomic E-state index is 0.0279. The standard InChI is InChI=1S/C24H28ClF2NO3S/c1-15(2)24(17-7-5-6-8-19(17)25)28-22-14-20(26)18(13-21(22)27)23(29)10-9-16(3)11-12-32(4,30)31/h5-8,11-16,24,28H,9-10H2,1-4H3/b12-11+/t16-,24+/m0/s1. The molecular weight excluding hydrogens is 456 g/mol. The molecule has 0 fully saturated rings. The lowest BCUT2D eigenvalue weighted by Crippen LogP contribution is -2.18. The molecule has 1 N–H and O–H groups in total. The Morgan fingerprint density at radius 3 is 2.38 bits per heavy atom. The van der Waals surface area contributed by atoms with Gasteiger partial charge in [0.2, 0.25) is 0 Å². The van der Waals surface area contributed by atoms with Crippen LogP contribution in [0.5, 0.6) is 0 Å². The molecule has 0 saturated heterocycles. The fraction of sp³-hybridized carbons (Fsp3) is 0.375. The smallest absolute Gasteiger partial charge is 0.168 e. The first kappa shape index (κ1) is 26.0. The van der Waals surface area contributed by atoms with Gasteiger partial charge in [-0.2, -0.15) is 0 Å². The maximum Gasteiger partial charge on any atom is 0.168 e. The van der Waals surface area contributed by atoms with Crippen LogP contribution < -0.4 is 5.32 Å². The van der Waals surface area contributed by atoms with E-state index in [0.717, 1.165) is 29.4 Å². The normalized spacial score (nSPS) is 14.0. The second-order valence-corrected chi connectivity index (χ2v) is 10.6. The van der Waals surface area contributed by atoms with E-state index in [0.29, 0.717) is 11.4 Å². The molecule has 0 saturated carbocycles. The average molecular weight is 484 g/mol. The average Bonchev–Trinajstić information content (AvgIpc) is 2.70. The fourth-order valence-corrected chi connectivity index (χ4v) is 4.04. The first-order valence-electron chi connectivity index (χ1n) is 10.3. The van der Waals surface area contributed by atoms with Crippen molar-refractivity contribution in [2.75, 3.05) is 11.6 Å². The van der Waals surface area contributed by atoms with Gasteiger partial charge in [0.15, 0.2) is 15.6 Å². The summed E-state index contributed by atoms with van der Waals surface area (Å²) in [7, 11) is -3.26. The van der Waals surface area contributed by atoms with E-state index in [1.165, 1.54) is 6.08 Å². The van der Waals surface area contributed by atoms with Crippen LogP contribution in [0.3, 0.4) is 0 Å². The Labute approximate surface area is 193 Å². The first-order chi connectivity index (χ1) is 14.9. The van der Waals surface area contributed by atoms with Crippen molar-refractivity contribution < 1.29 is 22.0 Å². The summed E-state index contributed by atoms with van der Waals surface area (Å²) in [6, 6.07) is 8.71. The van der Waals surface area contributed by atoms with Crippen molar-refractivity contribution in [1.29, 1.82) is 0 Å². The third-order valence-corrected chi connectivity index (χ3v) is 6.05. The number of rotatable bonds is 10. The summed E-state index contributed by atoms with van der Waals surface area (Å²) >= 11 is 6.28. The molecule has 0 spiro atoms. The minimum atomic E-state index is -3.26. The Hall–Kier alpha value is -2.25. The van der Waals surface area contributed by atoms with Gasteiger partial charge in [-0.15, -0.1) is 0 Å². The Bertz CT molecular complexity index is 1100. The molecule has 0 aliphatic carbocycles. The molecule has 0 aromatic heterocycles. The second-order valence-electron chi connectivity index (χ2n) is 8.30. The van der Waals surface area contributed by atoms with E-state index in [2.05, 4.69) is 5.32 Å². The number of carbonyl (C=O) groups is 1. The summed E-state index contributed by atoms with van der Waals surface area (Å²) in [4.78, 5) is 12.4. The molecule has 0 bridgehead atoms. The number of anilines is 1. The predicted molar refractivity (Wildman–Crippen MR) is 126 cm³/mol. The molecule has 174 valence electrons. The molecule has 2 aromatic carbocycles. The Kier molecular flexibility index (Phi) is 8.98. The quantitative estimate of drug-likeness (QED) is 0.387. The highest BCUT2D eigenvalue weighted by atomic mass is 35.5. The van der Waals surface area contributed by atoms with E-state index in [-0.39, 0.29) is 35.5 Å². The Morgan fingerprint density at radius 2 is 1.78 bits per heavy atom. The third-order valence-electron chi connectivity index (χ3n) is 5.06. The van der Waals surface area contributed by atoms with Gasteiger partial charge >= 0.3 is 0 Å². The number of carbonyl (C=O) groups excluding carboxylic acids is 1. The number of hydrogen-bond acceptors (Lipinski definition) is 4. The molecule has 8 heteroatoms. The van der Waals surface area contributed by atoms with Crippen molar-refractivity contribution in [2.45, 2.75) is 39.7 Å². The molecule has 0 amide bonds. The lowest BCUT2D eigenvalue weighted by atomic mass is 9.95. The Balaban J connectivity index is 2.18. The molecule has 2 aromatic rings. The maximum atomic E-state index is 14.8. The molecule has 0 heterocycles. The summed E-state index contributed by atoms with van der Waals surface area (Å²) in [6.45, 7) is 5.62. The molecule has 2 rings (SSSR count). The van der Waals surface area contributed by atoms with Crippen LogP contribution in [0.4, 0.5) is 14.5 Å². The summed E-state index contributed by atoms with van der Waals surface area (Å²) < 4.78 is 51.8. The van der Waals surface area contributed by atoms with Crippen LogP contribution in [0.25, 0.3) is 0 Å². The SMILES string of the molecule is CC(C)[C@@H](Nc1cc(F)c(C(=O)CC[C@H](C)/C=C/S(C)(=O)=O)cc1F)c1ccccc1Cl. The molecular formula is C24H28ClF2NO3S. The zero-order valence-electron chi connectivity index (χ0n) is 18.5. The molecule has 0 aliphatic rings. The van der Waals surface area contributed by atoms with Gasteiger partial charge in [-0.25, -0.2) is 17.2 Å². The topological polar surface area (TPSA) is 63.2 Å². The van der Waals surface area contributed by atoms with Gasteiger partial charge in [-0.3, -0.25) is 4.79 Å². The summed E-state index contributed by atoms with van der Waals surface area (Å²) in [5, 5.41) is 4.61. The zero-order chi connectivity index (χ0) is 24.1. The maximum absolute atomic E-state index is 14.8. The van der Waals surface area contributed by atoms with Crippen LogP contribution in [-0.4, -0.2) is 20.5 Å². The molecule has 32 heavy (non-hydrogen) atoms. The number of allylic oxidation sites excluding steroid dienone is 1. The largest absolute Gasteiger partial charge is 0.375 e. The minimum Gasteiger partial charge on any atom is -0.375 e. The highest BCUT2D eigenvalue weighted by Gasteiger charge is 2.22. The number of hydrogen-bond donors (Lipinski definition) is 1. The van der Waals surface area contributed by atoms with Gasteiger partial charge in [0.1, 0.15) is 11.6 Å². The van der Waals surface area contributed by atoms with Crippen LogP contribution in [0.15, 0.2) is 47.9 Å². The third kappa shape index (κ3) is 7.41. The van der Waals surface area contributed by atoms with Gasteiger partial charge in [-0.1, -0.05) is 56.6 Å². The lowest BCUT2D eigenvalue weighted by molar-refractivity contribution is 0.0972. The highest BCUT2D eigenvalue weighted by Crippen LogP contribution is 2.33. The van der Waals surface area contributed by atoms with E-state index in [9.17, 15) is 22.0 Å². The van der Waals surface area contributed by atoms with Crippen LogP contribution in [0, 0.1) is 23.5 Å². The van der Waals surface area contributed by atoms with Crippen LogP contribution in [-0.2, 0) is 9.84 Å². The van der Waals surface area contributed by atoms with Crippen LogP contribution in [0.2, 0.25) is 5.02 Å². The van der Waals surface area contributed by atoms with Crippen molar-refractivity contribution in [3.8, 4) is 0 Å². The zero-order valence-corrected chi connectivity index (χ0v) is 20.1. The molecule has 2 atom stereocenters. The van der Waals surface area contributed by atoms with Crippen molar-refractivity contribution in [2.24, 2.45) is 11.8 Å². The van der Waals surface area contributed by atoms with E-state index in [4.69, 9.17) is 11.6 Å². The molecule has 0 radical (unpaired) electrons. The predicted octanol–water partition coefficient (Wildman–Crippen LogP) is 6.58. The molecule has 4 nitrogen and oxygen atoms in total. The summed E-state index contributed by atoms with van der Waals surface area (Å²) in [6.07, 6.45) is 2.83. The van der Waals surface area contributed by atoms with E-state index in [1.807, 2.05) is 26.0 Å². The fourth-order valence-electron chi connectivity index (χ4n) is 3.24. The number of sulfone groups is 1. The Morgan fingerprint density at radius 1 is 1.12 bits per heavy atom. The number of ketones is 1. The van der Waals surface area contributed by atoms with Crippen LogP contribution >= 0.6 is 11.6 Å². The number of benzene rings is 2. The number of Topliss-reactive ketones (excluding diaryl/α,β-unsaturated/α-hetero) is 1. The van der Waals surface area contributed by atoms with E-state index >= 15 is 0 Å². The van der Waals surface area contributed by atoms with Crippen LogP contribution in [0.1, 0.15) is 55.6 Å². The van der Waals surface area contributed by atoms with Crippen molar-refractivity contribution in [3.63, 3.8) is 0 Å². The van der Waals surface area contributed by atoms with E-state index < -0.39 is 27.3 Å². The monoisotopic (exact) mass is 483 g/mol. The van der Waals surface area contributed by atoms with Crippen molar-refractivity contribution in [1.82, 2.24) is 0 Å². The highest BCUT2D eigenvalue weighted by molar-refractivity contribution is 7.93. The number of halogens is 3. The van der Waals surface area contributed by atoms with Gasteiger partial charge < -0.3 is 5.32 Å². The van der Waals surface area contributed by atoms with Gasteiger partial charge in [0, 0.05) is 29.2 Å². The van der Waals surface area contributed by atoms with E-state index in [1.54, 1.807) is 19.1 Å². The first-order valence-corrected chi connectivity index (χ1v) is 12.6. The van der Waals surface area contributed by atoms with Crippen molar-refractivity contribution in [3.05, 3.63) is 75.7 Å². The van der Waals surface area contributed by atoms with Gasteiger partial charge in [0.25, 0.3) is 0 Å². The number of nitrogens with one attached hydrogen (secondary N) is 1. The van der Waals surface area contributed by atoms with Gasteiger partial charge in [-0.05, 0) is 36.0 Å². The molecule has 0 aliphatic heterocycles. The molecule has 0 unspecified atom stereocenters. The second kappa shape index (κ2) is 11.1. The summed E-state index contributed by atoms with van der Waals surface area (Å²) in [5.41, 5.74) is 0.383.